The van der Waals surface area contributed by atoms with Crippen LogP contribution in [0.1, 0.15) is 59.9 Å². The minimum atomic E-state index is 0.678. The van der Waals surface area contributed by atoms with E-state index in [2.05, 4.69) is 69.0 Å². The lowest BCUT2D eigenvalue weighted by Crippen LogP contribution is -2.41. The Balaban J connectivity index is 1.75. The maximum absolute atomic E-state index is 2.72. The lowest BCUT2D eigenvalue weighted by Gasteiger charge is -2.38. The van der Waals surface area contributed by atoms with Crippen LogP contribution in [-0.4, -0.2) is 6.04 Å². The van der Waals surface area contributed by atoms with Crippen molar-refractivity contribution in [2.45, 2.75) is 65.5 Å². The largest absolute Gasteiger partial charge is 0.363 e. The second-order valence-corrected chi connectivity index (χ2v) is 7.98. The minimum absolute atomic E-state index is 0.678. The highest BCUT2D eigenvalue weighted by Gasteiger charge is 2.42. The van der Waals surface area contributed by atoms with Crippen LogP contribution in [0.3, 0.4) is 0 Å². The summed E-state index contributed by atoms with van der Waals surface area (Å²) in [5, 5.41) is 0. The Morgan fingerprint density at radius 1 is 0.958 bits per heavy atom. The molecule has 0 amide bonds. The normalized spacial score (nSPS) is 25.5. The van der Waals surface area contributed by atoms with Crippen molar-refractivity contribution in [3.8, 4) is 0 Å². The van der Waals surface area contributed by atoms with Crippen LogP contribution in [-0.2, 0) is 6.54 Å². The summed E-state index contributed by atoms with van der Waals surface area (Å²) in [5.41, 5.74) is 8.90. The molecule has 4 rings (SSSR count). The third-order valence-electron chi connectivity index (χ3n) is 6.69. The van der Waals surface area contributed by atoms with E-state index in [9.17, 15) is 0 Å². The van der Waals surface area contributed by atoms with Crippen LogP contribution in [0.15, 0.2) is 36.4 Å². The number of para-hydroxylation sites is 1. The molecule has 2 aromatic rings. The van der Waals surface area contributed by atoms with E-state index in [0.717, 1.165) is 18.4 Å². The molecule has 1 heteroatoms. The molecular weight excluding hydrogens is 290 g/mol. The van der Waals surface area contributed by atoms with Gasteiger partial charge in [0.05, 0.1) is 0 Å². The fourth-order valence-electron chi connectivity index (χ4n) is 5.04. The minimum Gasteiger partial charge on any atom is -0.363 e. The molecule has 0 N–H and O–H groups in total. The number of benzene rings is 2. The average Bonchev–Trinajstić information content (AvgIpc) is 2.91. The van der Waals surface area contributed by atoms with Gasteiger partial charge in [-0.25, -0.2) is 0 Å². The maximum atomic E-state index is 2.72. The molecule has 24 heavy (non-hydrogen) atoms. The molecule has 2 aromatic carbocycles. The van der Waals surface area contributed by atoms with Gasteiger partial charge in [-0.3, -0.25) is 0 Å². The molecule has 0 aromatic heterocycles. The van der Waals surface area contributed by atoms with Gasteiger partial charge in [-0.2, -0.15) is 0 Å². The van der Waals surface area contributed by atoms with Crippen molar-refractivity contribution in [3.05, 3.63) is 64.2 Å². The quantitative estimate of drug-likeness (QED) is 0.665. The van der Waals surface area contributed by atoms with Gasteiger partial charge >= 0.3 is 0 Å². The summed E-state index contributed by atoms with van der Waals surface area (Å²) in [6.07, 6.45) is 4.11. The Labute approximate surface area is 146 Å². The lowest BCUT2D eigenvalue weighted by molar-refractivity contribution is 0.292. The third-order valence-corrected chi connectivity index (χ3v) is 6.69. The number of nitrogens with zero attached hydrogens (tertiary/aromatic N) is 1. The van der Waals surface area contributed by atoms with Crippen LogP contribution >= 0.6 is 0 Å². The highest BCUT2D eigenvalue weighted by Crippen LogP contribution is 2.50. The Bertz CT molecular complexity index is 761. The highest BCUT2D eigenvalue weighted by atomic mass is 15.2. The first-order chi connectivity index (χ1) is 11.6. The van der Waals surface area contributed by atoms with Gasteiger partial charge < -0.3 is 4.90 Å². The van der Waals surface area contributed by atoms with E-state index >= 15 is 0 Å². The van der Waals surface area contributed by atoms with Crippen molar-refractivity contribution in [2.75, 3.05) is 4.90 Å². The molecule has 1 nitrogen and oxygen atoms in total. The van der Waals surface area contributed by atoms with E-state index in [4.69, 9.17) is 0 Å². The number of anilines is 1. The summed E-state index contributed by atoms with van der Waals surface area (Å²) in [7, 11) is 0. The SMILES string of the molecule is Cc1ccc(CN2c3ccccc3C3CCCC(C)C32)c(C)c1C. The van der Waals surface area contributed by atoms with Crippen molar-refractivity contribution < 1.29 is 0 Å². The zero-order chi connectivity index (χ0) is 16.8. The van der Waals surface area contributed by atoms with Crippen LogP contribution in [0.5, 0.6) is 0 Å². The van der Waals surface area contributed by atoms with Gasteiger partial charge in [-0.05, 0) is 73.4 Å². The predicted molar refractivity (Wildman–Crippen MR) is 103 cm³/mol. The van der Waals surface area contributed by atoms with Crippen molar-refractivity contribution in [1.82, 2.24) is 0 Å². The van der Waals surface area contributed by atoms with E-state index in [-0.39, 0.29) is 0 Å². The molecule has 1 fully saturated rings. The average molecular weight is 319 g/mol. The Kier molecular flexibility index (Phi) is 3.90. The predicted octanol–water partition coefficient (Wildman–Crippen LogP) is 5.90. The number of aryl methyl sites for hydroxylation is 1. The summed E-state index contributed by atoms with van der Waals surface area (Å²) < 4.78 is 0. The van der Waals surface area contributed by atoms with Gasteiger partial charge in [0.2, 0.25) is 0 Å². The van der Waals surface area contributed by atoms with Crippen molar-refractivity contribution >= 4 is 5.69 Å². The Hall–Kier alpha value is -1.76. The van der Waals surface area contributed by atoms with Gasteiger partial charge in [0.15, 0.2) is 0 Å². The summed E-state index contributed by atoms with van der Waals surface area (Å²) in [5.74, 6) is 1.51. The molecule has 1 aliphatic heterocycles. The molecule has 1 aliphatic carbocycles. The smallest absolute Gasteiger partial charge is 0.0435 e. The molecule has 2 aliphatic rings. The van der Waals surface area contributed by atoms with Crippen LogP contribution in [0.25, 0.3) is 0 Å². The van der Waals surface area contributed by atoms with E-state index in [1.807, 2.05) is 0 Å². The fourth-order valence-corrected chi connectivity index (χ4v) is 5.04. The Morgan fingerprint density at radius 3 is 2.58 bits per heavy atom. The maximum Gasteiger partial charge on any atom is 0.0435 e. The molecule has 0 bridgehead atoms. The molecule has 0 saturated heterocycles. The second-order valence-electron chi connectivity index (χ2n) is 7.98. The van der Waals surface area contributed by atoms with Crippen molar-refractivity contribution in [1.29, 1.82) is 0 Å². The monoisotopic (exact) mass is 319 g/mol. The van der Waals surface area contributed by atoms with Crippen LogP contribution in [0, 0.1) is 26.7 Å². The number of fused-ring (bicyclic) bond motifs is 3. The van der Waals surface area contributed by atoms with Crippen LogP contribution in [0.4, 0.5) is 5.69 Å². The summed E-state index contributed by atoms with van der Waals surface area (Å²) in [6, 6.07) is 14.5. The number of hydrogen-bond donors (Lipinski definition) is 0. The van der Waals surface area contributed by atoms with Gasteiger partial charge in [-0.1, -0.05) is 43.7 Å². The number of rotatable bonds is 2. The summed E-state index contributed by atoms with van der Waals surface area (Å²) in [6.45, 7) is 10.3. The molecule has 1 saturated carbocycles. The molecule has 3 atom stereocenters. The molecule has 0 radical (unpaired) electrons. The summed E-state index contributed by atoms with van der Waals surface area (Å²) >= 11 is 0. The van der Waals surface area contributed by atoms with E-state index < -0.39 is 0 Å². The second kappa shape index (κ2) is 5.95. The molecule has 1 heterocycles. The van der Waals surface area contributed by atoms with E-state index in [0.29, 0.717) is 6.04 Å². The van der Waals surface area contributed by atoms with Crippen LogP contribution in [0.2, 0.25) is 0 Å². The summed E-state index contributed by atoms with van der Waals surface area (Å²) in [4.78, 5) is 2.72. The van der Waals surface area contributed by atoms with Gasteiger partial charge in [0, 0.05) is 24.2 Å². The highest BCUT2D eigenvalue weighted by molar-refractivity contribution is 5.63. The van der Waals surface area contributed by atoms with Crippen molar-refractivity contribution in [3.63, 3.8) is 0 Å². The topological polar surface area (TPSA) is 3.24 Å². The molecular formula is C23H29N. The number of hydrogen-bond acceptors (Lipinski definition) is 1. The van der Waals surface area contributed by atoms with Crippen LogP contribution < -0.4 is 4.90 Å². The van der Waals surface area contributed by atoms with E-state index in [1.54, 1.807) is 5.56 Å². The third kappa shape index (κ3) is 2.37. The standard InChI is InChI=1S/C23H29N/c1-15-12-13-19(18(4)17(15)3)14-24-22-11-6-5-9-20(22)21-10-7-8-16(2)23(21)24/h5-6,9,11-13,16,21,23H,7-8,10,14H2,1-4H3. The first-order valence-corrected chi connectivity index (χ1v) is 9.49. The van der Waals surface area contributed by atoms with E-state index in [1.165, 1.54) is 47.2 Å². The molecule has 126 valence electrons. The first kappa shape index (κ1) is 15.7. The van der Waals surface area contributed by atoms with Gasteiger partial charge in [-0.15, -0.1) is 0 Å². The fraction of sp³-hybridized carbons (Fsp3) is 0.478. The zero-order valence-corrected chi connectivity index (χ0v) is 15.5. The van der Waals surface area contributed by atoms with Crippen molar-refractivity contribution in [2.24, 2.45) is 5.92 Å². The first-order valence-electron chi connectivity index (χ1n) is 9.49. The molecule has 0 spiro atoms. The van der Waals surface area contributed by atoms with Gasteiger partial charge in [0.25, 0.3) is 0 Å². The lowest BCUT2D eigenvalue weighted by atomic mass is 9.76. The Morgan fingerprint density at radius 2 is 1.75 bits per heavy atom. The zero-order valence-electron chi connectivity index (χ0n) is 15.5. The molecule has 3 unspecified atom stereocenters. The van der Waals surface area contributed by atoms with Gasteiger partial charge in [0.1, 0.15) is 0 Å².